The van der Waals surface area contributed by atoms with Crippen molar-refractivity contribution in [2.45, 2.75) is 6.04 Å². The van der Waals surface area contributed by atoms with Crippen molar-refractivity contribution in [2.75, 3.05) is 6.16 Å². The van der Waals surface area contributed by atoms with Gasteiger partial charge in [-0.1, -0.05) is 29.3 Å². The maximum Gasteiger partial charge on any atom is 0.327 e. The smallest absolute Gasteiger partial charge is 0.324 e. The van der Waals surface area contributed by atoms with E-state index < -0.39 is 19.8 Å². The molecule has 0 heterocycles. The van der Waals surface area contributed by atoms with Gasteiger partial charge in [-0.3, -0.25) is 4.57 Å². The van der Waals surface area contributed by atoms with E-state index in [-0.39, 0.29) is 0 Å². The van der Waals surface area contributed by atoms with Gasteiger partial charge in [0.2, 0.25) is 0 Å². The van der Waals surface area contributed by atoms with Crippen LogP contribution in [-0.2, 0) is 4.57 Å². The first-order chi connectivity index (χ1) is 6.79. The molecule has 0 saturated heterocycles. The fourth-order valence-electron chi connectivity index (χ4n) is 1.16. The Morgan fingerprint density at radius 2 is 2.00 bits per heavy atom. The van der Waals surface area contributed by atoms with Crippen LogP contribution in [-0.4, -0.2) is 15.9 Å². The fourth-order valence-corrected chi connectivity index (χ4v) is 2.41. The summed E-state index contributed by atoms with van der Waals surface area (Å²) in [4.78, 5) is 17.5. The van der Waals surface area contributed by atoms with Crippen LogP contribution in [0, 0.1) is 0 Å². The minimum absolute atomic E-state index is 0.309. The highest BCUT2D eigenvalue weighted by atomic mass is 35.5. The minimum atomic E-state index is -4.14. The molecule has 1 aromatic carbocycles. The van der Waals surface area contributed by atoms with Gasteiger partial charge in [0.05, 0.1) is 6.16 Å². The predicted molar refractivity (Wildman–Crippen MR) is 60.3 cm³/mol. The Morgan fingerprint density at radius 3 is 2.47 bits per heavy atom. The molecule has 15 heavy (non-hydrogen) atoms. The molecule has 4 N–H and O–H groups in total. The van der Waals surface area contributed by atoms with E-state index in [0.29, 0.717) is 15.6 Å². The Hall–Kier alpha value is -0.0900. The summed E-state index contributed by atoms with van der Waals surface area (Å²) in [6.07, 6.45) is -0.436. The molecule has 0 aliphatic carbocycles. The zero-order valence-electron chi connectivity index (χ0n) is 7.60. The van der Waals surface area contributed by atoms with E-state index >= 15 is 0 Å². The van der Waals surface area contributed by atoms with E-state index in [1.807, 2.05) is 0 Å². The SMILES string of the molecule is NC(CP(=O)(O)O)c1ccc(Cl)cc1Cl. The van der Waals surface area contributed by atoms with Gasteiger partial charge in [0.25, 0.3) is 0 Å². The Labute approximate surface area is 97.2 Å². The average Bonchev–Trinajstić information content (AvgIpc) is 1.99. The second-order valence-corrected chi connectivity index (χ2v) is 5.66. The van der Waals surface area contributed by atoms with E-state index in [2.05, 4.69) is 0 Å². The lowest BCUT2D eigenvalue weighted by Crippen LogP contribution is -2.15. The lowest BCUT2D eigenvalue weighted by molar-refractivity contribution is 0.369. The largest absolute Gasteiger partial charge is 0.327 e. The lowest BCUT2D eigenvalue weighted by atomic mass is 10.1. The summed E-state index contributed by atoms with van der Waals surface area (Å²) in [6, 6.07) is 3.82. The molecular formula is C8H10Cl2NO3P. The van der Waals surface area contributed by atoms with Crippen LogP contribution in [0.5, 0.6) is 0 Å². The first-order valence-electron chi connectivity index (χ1n) is 4.05. The molecule has 0 radical (unpaired) electrons. The Balaban J connectivity index is 2.92. The van der Waals surface area contributed by atoms with Gasteiger partial charge >= 0.3 is 7.60 Å². The predicted octanol–water partition coefficient (Wildman–Crippen LogP) is 2.17. The highest BCUT2D eigenvalue weighted by molar-refractivity contribution is 7.51. The number of nitrogens with two attached hydrogens (primary N) is 1. The monoisotopic (exact) mass is 269 g/mol. The molecule has 0 aliphatic rings. The van der Waals surface area contributed by atoms with Crippen molar-refractivity contribution in [3.05, 3.63) is 33.8 Å². The quantitative estimate of drug-likeness (QED) is 0.735. The normalized spacial score (nSPS) is 13.9. The van der Waals surface area contributed by atoms with Crippen LogP contribution in [0.1, 0.15) is 11.6 Å². The van der Waals surface area contributed by atoms with E-state index in [1.165, 1.54) is 6.07 Å². The molecule has 1 unspecified atom stereocenters. The third kappa shape index (κ3) is 4.11. The van der Waals surface area contributed by atoms with Crippen molar-refractivity contribution in [3.63, 3.8) is 0 Å². The average molecular weight is 270 g/mol. The van der Waals surface area contributed by atoms with Crippen LogP contribution >= 0.6 is 30.8 Å². The Bertz CT molecular complexity index is 407. The van der Waals surface area contributed by atoms with Crippen LogP contribution in [0.3, 0.4) is 0 Å². The number of rotatable bonds is 3. The Kier molecular flexibility index (Phi) is 4.18. The molecule has 1 rings (SSSR count). The Morgan fingerprint density at radius 1 is 1.40 bits per heavy atom. The molecule has 0 saturated carbocycles. The van der Waals surface area contributed by atoms with Crippen molar-refractivity contribution >= 4 is 30.8 Å². The van der Waals surface area contributed by atoms with Crippen LogP contribution in [0.25, 0.3) is 0 Å². The summed E-state index contributed by atoms with van der Waals surface area (Å²) >= 11 is 11.5. The molecule has 7 heteroatoms. The van der Waals surface area contributed by atoms with Gasteiger partial charge in [-0.2, -0.15) is 0 Å². The molecule has 84 valence electrons. The third-order valence-electron chi connectivity index (χ3n) is 1.80. The molecule has 1 aromatic rings. The summed E-state index contributed by atoms with van der Waals surface area (Å²) in [7, 11) is -4.14. The van der Waals surface area contributed by atoms with E-state index in [1.54, 1.807) is 12.1 Å². The summed E-state index contributed by atoms with van der Waals surface area (Å²) < 4.78 is 10.7. The number of hydrogen-bond donors (Lipinski definition) is 3. The van der Waals surface area contributed by atoms with Crippen molar-refractivity contribution in [2.24, 2.45) is 5.73 Å². The first-order valence-corrected chi connectivity index (χ1v) is 6.60. The number of hydrogen-bond acceptors (Lipinski definition) is 2. The molecule has 0 amide bonds. The van der Waals surface area contributed by atoms with Crippen molar-refractivity contribution < 1.29 is 14.4 Å². The summed E-state index contributed by atoms with van der Waals surface area (Å²) in [5.41, 5.74) is 6.09. The first kappa shape index (κ1) is 13.0. The molecule has 0 fully saturated rings. The lowest BCUT2D eigenvalue weighted by Gasteiger charge is -2.14. The van der Waals surface area contributed by atoms with Gasteiger partial charge in [-0.05, 0) is 17.7 Å². The molecule has 1 atom stereocenters. The van der Waals surface area contributed by atoms with Crippen molar-refractivity contribution in [1.82, 2.24) is 0 Å². The van der Waals surface area contributed by atoms with Crippen LogP contribution in [0.2, 0.25) is 10.0 Å². The van der Waals surface area contributed by atoms with Crippen molar-refractivity contribution in [3.8, 4) is 0 Å². The third-order valence-corrected chi connectivity index (χ3v) is 3.23. The van der Waals surface area contributed by atoms with Gasteiger partial charge < -0.3 is 15.5 Å². The minimum Gasteiger partial charge on any atom is -0.324 e. The molecular weight excluding hydrogens is 260 g/mol. The standard InChI is InChI=1S/C8H10Cl2NO3P/c9-5-1-2-6(7(10)3-5)8(11)4-15(12,13)14/h1-3,8H,4,11H2,(H2,12,13,14). The van der Waals surface area contributed by atoms with Gasteiger partial charge in [0.1, 0.15) is 0 Å². The van der Waals surface area contributed by atoms with E-state index in [4.69, 9.17) is 38.7 Å². The molecule has 0 spiro atoms. The summed E-state index contributed by atoms with van der Waals surface area (Å²) in [5, 5.41) is 0.760. The topological polar surface area (TPSA) is 83.6 Å². The molecule has 4 nitrogen and oxygen atoms in total. The number of benzene rings is 1. The fraction of sp³-hybridized carbons (Fsp3) is 0.250. The molecule has 0 aromatic heterocycles. The summed E-state index contributed by atoms with van der Waals surface area (Å²) in [5.74, 6) is 0. The van der Waals surface area contributed by atoms with Crippen LogP contribution < -0.4 is 5.73 Å². The molecule has 0 aliphatic heterocycles. The van der Waals surface area contributed by atoms with Gasteiger partial charge in [-0.25, -0.2) is 0 Å². The van der Waals surface area contributed by atoms with E-state index in [9.17, 15) is 4.57 Å². The van der Waals surface area contributed by atoms with Crippen LogP contribution in [0.4, 0.5) is 0 Å². The number of halogens is 2. The van der Waals surface area contributed by atoms with E-state index in [0.717, 1.165) is 0 Å². The van der Waals surface area contributed by atoms with Gasteiger partial charge in [0.15, 0.2) is 0 Å². The zero-order valence-corrected chi connectivity index (χ0v) is 10.0. The maximum absolute atomic E-state index is 10.7. The maximum atomic E-state index is 10.7. The second kappa shape index (κ2) is 4.83. The molecule has 0 bridgehead atoms. The highest BCUT2D eigenvalue weighted by Crippen LogP contribution is 2.39. The summed E-state index contributed by atoms with van der Waals surface area (Å²) in [6.45, 7) is 0. The zero-order chi connectivity index (χ0) is 11.6. The second-order valence-electron chi connectivity index (χ2n) is 3.12. The van der Waals surface area contributed by atoms with Gasteiger partial charge in [-0.15, -0.1) is 0 Å². The van der Waals surface area contributed by atoms with Crippen LogP contribution in [0.15, 0.2) is 18.2 Å². The van der Waals surface area contributed by atoms with Crippen molar-refractivity contribution in [1.29, 1.82) is 0 Å². The highest BCUT2D eigenvalue weighted by Gasteiger charge is 2.21. The van der Waals surface area contributed by atoms with Gasteiger partial charge in [0, 0.05) is 16.1 Å².